The third-order valence-electron chi connectivity index (χ3n) is 4.77. The second-order valence-corrected chi connectivity index (χ2v) is 6.95. The number of rotatable bonds is 10. The lowest BCUT2D eigenvalue weighted by Crippen LogP contribution is -2.37. The second-order valence-electron chi connectivity index (χ2n) is 6.95. The molecule has 30 heavy (non-hydrogen) atoms. The van der Waals surface area contributed by atoms with Crippen LogP contribution in [0.1, 0.15) is 28.0 Å². The lowest BCUT2D eigenvalue weighted by atomic mass is 10.1. The number of carbonyl (C=O) groups excluding carboxylic acids is 2. The average molecular weight is 402 g/mol. The first-order chi connectivity index (χ1) is 14.7. The van der Waals surface area contributed by atoms with Crippen LogP contribution >= 0.6 is 0 Å². The van der Waals surface area contributed by atoms with E-state index in [0.717, 1.165) is 12.0 Å². The quantitative estimate of drug-likeness (QED) is 0.566. The van der Waals surface area contributed by atoms with Gasteiger partial charge < -0.3 is 10.2 Å². The van der Waals surface area contributed by atoms with E-state index in [1.165, 1.54) is 24.2 Å². The summed E-state index contributed by atoms with van der Waals surface area (Å²) >= 11 is 0. The van der Waals surface area contributed by atoms with Crippen molar-refractivity contribution < 1.29 is 9.59 Å². The Morgan fingerprint density at radius 1 is 0.833 bits per heavy atom. The molecule has 1 heterocycles. The van der Waals surface area contributed by atoms with Crippen LogP contribution in [0.25, 0.3) is 0 Å². The third kappa shape index (κ3) is 6.81. The van der Waals surface area contributed by atoms with Gasteiger partial charge in [-0.3, -0.25) is 14.6 Å². The summed E-state index contributed by atoms with van der Waals surface area (Å²) in [6.07, 6.45) is 6.23. The van der Waals surface area contributed by atoms with Gasteiger partial charge in [0, 0.05) is 38.4 Å². The standard InChI is InChI=1S/C24H26N4O2/c29-23(27-14-11-20-7-3-1-4-8-20)13-18-28(17-12-21-9-5-2-6-10-21)24(30)22-19-25-15-16-26-22/h1-10,15-16,19H,11-14,17-18H2,(H,27,29). The van der Waals surface area contributed by atoms with E-state index in [4.69, 9.17) is 0 Å². The molecule has 0 aliphatic rings. The summed E-state index contributed by atoms with van der Waals surface area (Å²) in [6.45, 7) is 1.42. The Hall–Kier alpha value is -3.54. The van der Waals surface area contributed by atoms with Crippen molar-refractivity contribution in [2.24, 2.45) is 0 Å². The van der Waals surface area contributed by atoms with Crippen molar-refractivity contribution in [3.63, 3.8) is 0 Å². The minimum Gasteiger partial charge on any atom is -0.356 e. The monoisotopic (exact) mass is 402 g/mol. The maximum atomic E-state index is 12.9. The second kappa shape index (κ2) is 11.5. The van der Waals surface area contributed by atoms with Crippen LogP contribution in [0, 0.1) is 0 Å². The zero-order valence-corrected chi connectivity index (χ0v) is 16.9. The molecule has 0 unspecified atom stereocenters. The Balaban J connectivity index is 1.53. The number of amides is 2. The molecule has 1 N–H and O–H groups in total. The minimum atomic E-state index is -0.212. The maximum absolute atomic E-state index is 12.9. The van der Waals surface area contributed by atoms with Crippen LogP contribution in [0.2, 0.25) is 0 Å². The van der Waals surface area contributed by atoms with E-state index < -0.39 is 0 Å². The Morgan fingerprint density at radius 2 is 1.50 bits per heavy atom. The molecule has 0 bridgehead atoms. The summed E-state index contributed by atoms with van der Waals surface area (Å²) in [6, 6.07) is 20.0. The summed E-state index contributed by atoms with van der Waals surface area (Å²) in [4.78, 5) is 34.9. The molecular formula is C24H26N4O2. The lowest BCUT2D eigenvalue weighted by Gasteiger charge is -2.22. The van der Waals surface area contributed by atoms with Crippen molar-refractivity contribution >= 4 is 11.8 Å². The molecule has 1 aromatic heterocycles. The van der Waals surface area contributed by atoms with Crippen LogP contribution < -0.4 is 5.32 Å². The molecule has 0 aliphatic carbocycles. The molecule has 0 spiro atoms. The Kier molecular flexibility index (Phi) is 8.09. The zero-order chi connectivity index (χ0) is 21.0. The Bertz CT molecular complexity index is 918. The molecule has 0 radical (unpaired) electrons. The maximum Gasteiger partial charge on any atom is 0.274 e. The molecule has 3 rings (SSSR count). The van der Waals surface area contributed by atoms with Gasteiger partial charge in [0.2, 0.25) is 5.91 Å². The highest BCUT2D eigenvalue weighted by atomic mass is 16.2. The zero-order valence-electron chi connectivity index (χ0n) is 16.9. The van der Waals surface area contributed by atoms with Gasteiger partial charge in [-0.1, -0.05) is 60.7 Å². The third-order valence-corrected chi connectivity index (χ3v) is 4.77. The van der Waals surface area contributed by atoms with Gasteiger partial charge >= 0.3 is 0 Å². The van der Waals surface area contributed by atoms with E-state index in [-0.39, 0.29) is 23.9 Å². The Morgan fingerprint density at radius 3 is 2.13 bits per heavy atom. The van der Waals surface area contributed by atoms with E-state index in [0.29, 0.717) is 26.1 Å². The number of hydrogen-bond acceptors (Lipinski definition) is 4. The molecule has 6 nitrogen and oxygen atoms in total. The molecule has 0 fully saturated rings. The molecule has 0 saturated carbocycles. The SMILES string of the molecule is O=C(CCN(CCc1ccccc1)C(=O)c1cnccn1)NCCc1ccccc1. The van der Waals surface area contributed by atoms with Gasteiger partial charge in [0.1, 0.15) is 5.69 Å². The normalized spacial score (nSPS) is 10.4. The van der Waals surface area contributed by atoms with Crippen molar-refractivity contribution in [3.8, 4) is 0 Å². The van der Waals surface area contributed by atoms with Crippen molar-refractivity contribution in [2.45, 2.75) is 19.3 Å². The number of hydrogen-bond donors (Lipinski definition) is 1. The highest BCUT2D eigenvalue weighted by Crippen LogP contribution is 2.06. The first-order valence-corrected chi connectivity index (χ1v) is 10.1. The number of benzene rings is 2. The molecule has 2 amide bonds. The van der Waals surface area contributed by atoms with Crippen molar-refractivity contribution in [2.75, 3.05) is 19.6 Å². The van der Waals surface area contributed by atoms with E-state index in [1.807, 2.05) is 60.7 Å². The van der Waals surface area contributed by atoms with Gasteiger partial charge in [-0.15, -0.1) is 0 Å². The Labute approximate surface area is 177 Å². The van der Waals surface area contributed by atoms with Crippen molar-refractivity contribution in [1.82, 2.24) is 20.2 Å². The molecule has 0 atom stereocenters. The van der Waals surface area contributed by atoms with Crippen LogP contribution in [0.4, 0.5) is 0 Å². The summed E-state index contributed by atoms with van der Waals surface area (Å²) < 4.78 is 0. The molecule has 2 aromatic carbocycles. The molecule has 3 aromatic rings. The molecule has 6 heteroatoms. The van der Waals surface area contributed by atoms with Gasteiger partial charge in [0.05, 0.1) is 6.20 Å². The highest BCUT2D eigenvalue weighted by molar-refractivity contribution is 5.92. The molecular weight excluding hydrogens is 376 g/mol. The van der Waals surface area contributed by atoms with E-state index in [1.54, 1.807) is 4.90 Å². The topological polar surface area (TPSA) is 75.2 Å². The van der Waals surface area contributed by atoms with Gasteiger partial charge in [-0.05, 0) is 24.0 Å². The number of nitrogens with one attached hydrogen (secondary N) is 1. The smallest absolute Gasteiger partial charge is 0.274 e. The predicted octanol–water partition coefficient (Wildman–Crippen LogP) is 2.91. The minimum absolute atomic E-state index is 0.0670. The molecule has 0 saturated heterocycles. The predicted molar refractivity (Wildman–Crippen MR) is 116 cm³/mol. The van der Waals surface area contributed by atoms with E-state index in [9.17, 15) is 9.59 Å². The van der Waals surface area contributed by atoms with Crippen LogP contribution in [0.3, 0.4) is 0 Å². The van der Waals surface area contributed by atoms with Crippen molar-refractivity contribution in [1.29, 1.82) is 0 Å². The van der Waals surface area contributed by atoms with Crippen LogP contribution in [-0.2, 0) is 17.6 Å². The largest absolute Gasteiger partial charge is 0.356 e. The fourth-order valence-corrected chi connectivity index (χ4v) is 3.11. The fraction of sp³-hybridized carbons (Fsp3) is 0.250. The van der Waals surface area contributed by atoms with Crippen molar-refractivity contribution in [3.05, 3.63) is 96.1 Å². The van der Waals surface area contributed by atoms with E-state index in [2.05, 4.69) is 15.3 Å². The molecule has 154 valence electrons. The number of carbonyl (C=O) groups is 2. The number of nitrogens with zero attached hydrogens (tertiary/aromatic N) is 3. The summed E-state index contributed by atoms with van der Waals surface area (Å²) in [7, 11) is 0. The first kappa shape index (κ1) is 21.2. The summed E-state index contributed by atoms with van der Waals surface area (Å²) in [5, 5.41) is 2.93. The fourth-order valence-electron chi connectivity index (χ4n) is 3.11. The number of aromatic nitrogens is 2. The van der Waals surface area contributed by atoms with E-state index >= 15 is 0 Å². The van der Waals surface area contributed by atoms with Crippen LogP contribution in [0.5, 0.6) is 0 Å². The molecule has 0 aliphatic heterocycles. The van der Waals surface area contributed by atoms with Crippen LogP contribution in [0.15, 0.2) is 79.3 Å². The summed E-state index contributed by atoms with van der Waals surface area (Å²) in [5.41, 5.74) is 2.61. The van der Waals surface area contributed by atoms with Gasteiger partial charge in [0.25, 0.3) is 5.91 Å². The first-order valence-electron chi connectivity index (χ1n) is 10.1. The average Bonchev–Trinajstić information content (AvgIpc) is 2.80. The van der Waals surface area contributed by atoms with Gasteiger partial charge in [-0.25, -0.2) is 4.98 Å². The van der Waals surface area contributed by atoms with Crippen LogP contribution in [-0.4, -0.2) is 46.3 Å². The highest BCUT2D eigenvalue weighted by Gasteiger charge is 2.18. The van der Waals surface area contributed by atoms with Gasteiger partial charge in [-0.2, -0.15) is 0 Å². The summed E-state index contributed by atoms with van der Waals surface area (Å²) in [5.74, 6) is -0.279. The lowest BCUT2D eigenvalue weighted by molar-refractivity contribution is -0.121. The van der Waals surface area contributed by atoms with Gasteiger partial charge in [0.15, 0.2) is 0 Å².